The molecule has 5 heteroatoms. The van der Waals surface area contributed by atoms with E-state index in [4.69, 9.17) is 5.11 Å². The fourth-order valence-electron chi connectivity index (χ4n) is 1.59. The lowest BCUT2D eigenvalue weighted by atomic mass is 10.0. The van der Waals surface area contributed by atoms with Crippen LogP contribution in [0, 0.1) is 5.92 Å². The van der Waals surface area contributed by atoms with Gasteiger partial charge in [-0.2, -0.15) is 0 Å². The summed E-state index contributed by atoms with van der Waals surface area (Å²) in [4.78, 5) is 26.4. The van der Waals surface area contributed by atoms with Gasteiger partial charge in [0.1, 0.15) is 5.69 Å². The van der Waals surface area contributed by atoms with Crippen molar-refractivity contribution in [1.82, 2.24) is 10.3 Å². The number of carboxylic acid groups (broad SMARTS) is 1. The Hall–Kier alpha value is -1.91. The van der Waals surface area contributed by atoms with E-state index in [1.54, 1.807) is 0 Å². The molecule has 1 amide bonds. The average Bonchev–Trinajstić information content (AvgIpc) is 2.39. The lowest BCUT2D eigenvalue weighted by Gasteiger charge is -2.12. The van der Waals surface area contributed by atoms with Gasteiger partial charge in [-0.1, -0.05) is 26.7 Å². The van der Waals surface area contributed by atoms with Crippen molar-refractivity contribution in [2.75, 3.05) is 6.54 Å². The Morgan fingerprint density at radius 3 is 2.61 bits per heavy atom. The van der Waals surface area contributed by atoms with Crippen LogP contribution in [0.3, 0.4) is 0 Å². The van der Waals surface area contributed by atoms with Crippen molar-refractivity contribution in [3.8, 4) is 0 Å². The van der Waals surface area contributed by atoms with Gasteiger partial charge in [0.05, 0.1) is 5.56 Å². The smallest absolute Gasteiger partial charge is 0.335 e. The second-order valence-electron chi connectivity index (χ2n) is 4.13. The van der Waals surface area contributed by atoms with Gasteiger partial charge < -0.3 is 10.4 Å². The Bertz CT molecular complexity index is 428. The third-order valence-corrected chi connectivity index (χ3v) is 2.95. The average molecular weight is 250 g/mol. The Morgan fingerprint density at radius 2 is 2.06 bits per heavy atom. The van der Waals surface area contributed by atoms with Crippen LogP contribution in [0.4, 0.5) is 0 Å². The number of amides is 1. The molecule has 1 aromatic heterocycles. The highest BCUT2D eigenvalue weighted by Crippen LogP contribution is 2.06. The molecule has 5 nitrogen and oxygen atoms in total. The van der Waals surface area contributed by atoms with Gasteiger partial charge in [-0.05, 0) is 18.1 Å². The van der Waals surface area contributed by atoms with E-state index in [1.165, 1.54) is 18.3 Å². The van der Waals surface area contributed by atoms with Gasteiger partial charge in [-0.15, -0.1) is 0 Å². The second-order valence-corrected chi connectivity index (χ2v) is 4.13. The van der Waals surface area contributed by atoms with Crippen LogP contribution in [0.2, 0.25) is 0 Å². The summed E-state index contributed by atoms with van der Waals surface area (Å²) in [5.74, 6) is -0.951. The van der Waals surface area contributed by atoms with Crippen molar-refractivity contribution >= 4 is 11.9 Å². The van der Waals surface area contributed by atoms with E-state index >= 15 is 0 Å². The van der Waals surface area contributed by atoms with Gasteiger partial charge in [0.25, 0.3) is 5.91 Å². The van der Waals surface area contributed by atoms with Crippen molar-refractivity contribution < 1.29 is 14.7 Å². The number of nitrogens with one attached hydrogen (secondary N) is 1. The molecule has 0 fully saturated rings. The fourth-order valence-corrected chi connectivity index (χ4v) is 1.59. The number of nitrogens with zero attached hydrogens (tertiary/aromatic N) is 1. The van der Waals surface area contributed by atoms with Crippen LogP contribution in [0.5, 0.6) is 0 Å². The standard InChI is InChI=1S/C13H18N2O3/c1-3-9(4-2)8-15-12(16)11-7-10(13(17)18)5-6-14-11/h5-7,9H,3-4,8H2,1-2H3,(H,15,16)(H,17,18). The Labute approximate surface area is 106 Å². The van der Waals surface area contributed by atoms with Gasteiger partial charge in [0, 0.05) is 12.7 Å². The predicted molar refractivity (Wildman–Crippen MR) is 67.6 cm³/mol. The summed E-state index contributed by atoms with van der Waals surface area (Å²) in [6.45, 7) is 4.73. The highest BCUT2D eigenvalue weighted by molar-refractivity contribution is 5.95. The Kier molecular flexibility index (Phi) is 5.30. The van der Waals surface area contributed by atoms with Crippen molar-refractivity contribution in [2.45, 2.75) is 26.7 Å². The number of rotatable bonds is 6. The molecule has 98 valence electrons. The minimum Gasteiger partial charge on any atom is -0.478 e. The lowest BCUT2D eigenvalue weighted by molar-refractivity contribution is 0.0696. The van der Waals surface area contributed by atoms with Crippen molar-refractivity contribution in [3.63, 3.8) is 0 Å². The van der Waals surface area contributed by atoms with Crippen molar-refractivity contribution in [2.24, 2.45) is 5.92 Å². The summed E-state index contributed by atoms with van der Waals surface area (Å²) in [7, 11) is 0. The summed E-state index contributed by atoms with van der Waals surface area (Å²) in [5, 5.41) is 11.6. The Balaban J connectivity index is 2.67. The maximum absolute atomic E-state index is 11.8. The van der Waals surface area contributed by atoms with Crippen LogP contribution in [-0.4, -0.2) is 28.5 Å². The maximum Gasteiger partial charge on any atom is 0.335 e. The van der Waals surface area contributed by atoms with E-state index in [2.05, 4.69) is 24.1 Å². The third-order valence-electron chi connectivity index (χ3n) is 2.95. The number of aromatic nitrogens is 1. The van der Waals surface area contributed by atoms with Gasteiger partial charge in [0.15, 0.2) is 0 Å². The first-order valence-electron chi connectivity index (χ1n) is 6.06. The van der Waals surface area contributed by atoms with Crippen LogP contribution < -0.4 is 5.32 Å². The van der Waals surface area contributed by atoms with Crippen LogP contribution in [0.1, 0.15) is 47.5 Å². The summed E-state index contributed by atoms with van der Waals surface area (Å²) in [6, 6.07) is 2.64. The summed E-state index contributed by atoms with van der Waals surface area (Å²) in [5.41, 5.74) is 0.207. The molecule has 0 aliphatic carbocycles. The molecule has 0 atom stereocenters. The van der Waals surface area contributed by atoms with E-state index in [0.717, 1.165) is 12.8 Å². The summed E-state index contributed by atoms with van der Waals surface area (Å²) in [6.07, 6.45) is 3.33. The van der Waals surface area contributed by atoms with E-state index in [0.29, 0.717) is 12.5 Å². The van der Waals surface area contributed by atoms with Crippen LogP contribution >= 0.6 is 0 Å². The molecule has 1 aromatic rings. The van der Waals surface area contributed by atoms with Gasteiger partial charge in [-0.3, -0.25) is 9.78 Å². The predicted octanol–water partition coefficient (Wildman–Crippen LogP) is 1.95. The first kappa shape index (κ1) is 14.2. The van der Waals surface area contributed by atoms with Gasteiger partial charge >= 0.3 is 5.97 Å². The Morgan fingerprint density at radius 1 is 1.39 bits per heavy atom. The molecule has 0 aliphatic rings. The maximum atomic E-state index is 11.8. The van der Waals surface area contributed by atoms with Crippen molar-refractivity contribution in [3.05, 3.63) is 29.6 Å². The summed E-state index contributed by atoms with van der Waals surface area (Å²) < 4.78 is 0. The number of carboxylic acids is 1. The zero-order chi connectivity index (χ0) is 13.5. The van der Waals surface area contributed by atoms with Crippen LogP contribution in [0.25, 0.3) is 0 Å². The van der Waals surface area contributed by atoms with Gasteiger partial charge in [0.2, 0.25) is 0 Å². The van der Waals surface area contributed by atoms with E-state index in [9.17, 15) is 9.59 Å². The SMILES string of the molecule is CCC(CC)CNC(=O)c1cc(C(=O)O)ccn1. The zero-order valence-corrected chi connectivity index (χ0v) is 10.6. The first-order chi connectivity index (χ1) is 8.58. The summed E-state index contributed by atoms with van der Waals surface area (Å²) >= 11 is 0. The van der Waals surface area contributed by atoms with E-state index < -0.39 is 5.97 Å². The quantitative estimate of drug-likeness (QED) is 0.808. The molecule has 2 N–H and O–H groups in total. The topological polar surface area (TPSA) is 79.3 Å². The molecule has 0 aliphatic heterocycles. The molecule has 0 radical (unpaired) electrons. The minimum absolute atomic E-state index is 0.0673. The monoisotopic (exact) mass is 250 g/mol. The molecule has 18 heavy (non-hydrogen) atoms. The third kappa shape index (κ3) is 3.84. The molecule has 1 heterocycles. The molecule has 0 bridgehead atoms. The lowest BCUT2D eigenvalue weighted by Crippen LogP contribution is -2.29. The van der Waals surface area contributed by atoms with Gasteiger partial charge in [-0.25, -0.2) is 4.79 Å². The molecular formula is C13H18N2O3. The molecule has 0 unspecified atom stereocenters. The molecule has 0 aromatic carbocycles. The van der Waals surface area contributed by atoms with E-state index in [-0.39, 0.29) is 17.2 Å². The van der Waals surface area contributed by atoms with Crippen molar-refractivity contribution in [1.29, 1.82) is 0 Å². The highest BCUT2D eigenvalue weighted by Gasteiger charge is 2.12. The first-order valence-corrected chi connectivity index (χ1v) is 6.06. The number of carbonyl (C=O) groups excluding carboxylic acids is 1. The van der Waals surface area contributed by atoms with E-state index in [1.807, 2.05) is 0 Å². The molecule has 0 saturated heterocycles. The zero-order valence-electron chi connectivity index (χ0n) is 10.6. The normalized spacial score (nSPS) is 10.4. The minimum atomic E-state index is -1.06. The van der Waals surface area contributed by atoms with Crippen LogP contribution in [0.15, 0.2) is 18.3 Å². The second kappa shape index (κ2) is 6.74. The number of hydrogen-bond acceptors (Lipinski definition) is 3. The number of carbonyl (C=O) groups is 2. The largest absolute Gasteiger partial charge is 0.478 e. The molecule has 1 rings (SSSR count). The molecule has 0 spiro atoms. The highest BCUT2D eigenvalue weighted by atomic mass is 16.4. The number of hydrogen-bond donors (Lipinski definition) is 2. The molecular weight excluding hydrogens is 232 g/mol. The number of aromatic carboxylic acids is 1. The molecule has 0 saturated carbocycles. The fraction of sp³-hybridized carbons (Fsp3) is 0.462. The number of pyridine rings is 1. The van der Waals surface area contributed by atoms with Crippen LogP contribution in [-0.2, 0) is 0 Å².